The number of rotatable bonds is 6. The minimum absolute atomic E-state index is 0.141. The SMILES string of the molecule is C=C(CNC(C)C)COc1cccc2c1OC(C)(C)C2. The standard InChI is InChI=1S/C17H25NO2/c1-12(2)18-10-13(3)11-19-15-8-6-7-14-9-17(4,5)20-16(14)15/h6-8,12,18H,3,9-11H2,1-2,4-5H3. The van der Waals surface area contributed by atoms with Gasteiger partial charge in [0.15, 0.2) is 11.5 Å². The molecule has 3 nitrogen and oxygen atoms in total. The minimum Gasteiger partial charge on any atom is -0.485 e. The van der Waals surface area contributed by atoms with Crippen molar-refractivity contribution in [1.82, 2.24) is 5.32 Å². The highest BCUT2D eigenvalue weighted by atomic mass is 16.5. The number of ether oxygens (including phenoxy) is 2. The number of para-hydroxylation sites is 1. The monoisotopic (exact) mass is 275 g/mol. The number of benzene rings is 1. The Morgan fingerprint density at radius 2 is 2.20 bits per heavy atom. The maximum absolute atomic E-state index is 5.99. The zero-order valence-electron chi connectivity index (χ0n) is 13.0. The first-order chi connectivity index (χ1) is 9.37. The lowest BCUT2D eigenvalue weighted by atomic mass is 10.0. The van der Waals surface area contributed by atoms with E-state index in [0.29, 0.717) is 12.6 Å². The molecule has 0 saturated heterocycles. The van der Waals surface area contributed by atoms with Crippen molar-refractivity contribution in [3.8, 4) is 11.5 Å². The fraction of sp³-hybridized carbons (Fsp3) is 0.529. The maximum atomic E-state index is 5.99. The lowest BCUT2D eigenvalue weighted by Crippen LogP contribution is -2.26. The summed E-state index contributed by atoms with van der Waals surface area (Å²) in [4.78, 5) is 0. The molecule has 3 heteroatoms. The van der Waals surface area contributed by atoms with Crippen LogP contribution in [0.5, 0.6) is 11.5 Å². The zero-order valence-corrected chi connectivity index (χ0v) is 13.0. The van der Waals surface area contributed by atoms with Crippen LogP contribution in [0, 0.1) is 0 Å². The van der Waals surface area contributed by atoms with E-state index in [1.54, 1.807) is 0 Å². The van der Waals surface area contributed by atoms with Gasteiger partial charge in [-0.05, 0) is 25.5 Å². The quantitative estimate of drug-likeness (QED) is 0.808. The van der Waals surface area contributed by atoms with Crippen molar-refractivity contribution in [2.24, 2.45) is 0 Å². The molecule has 0 unspecified atom stereocenters. The summed E-state index contributed by atoms with van der Waals surface area (Å²) in [5.74, 6) is 1.71. The van der Waals surface area contributed by atoms with Crippen molar-refractivity contribution in [2.75, 3.05) is 13.2 Å². The molecule has 0 amide bonds. The fourth-order valence-corrected chi connectivity index (χ4v) is 2.28. The van der Waals surface area contributed by atoms with Crippen molar-refractivity contribution in [3.05, 3.63) is 35.9 Å². The van der Waals surface area contributed by atoms with Crippen LogP contribution in [-0.4, -0.2) is 24.8 Å². The van der Waals surface area contributed by atoms with Gasteiger partial charge in [0.25, 0.3) is 0 Å². The average Bonchev–Trinajstić information content (AvgIpc) is 2.68. The predicted octanol–water partition coefficient (Wildman–Crippen LogP) is 3.33. The molecule has 0 spiro atoms. The highest BCUT2D eigenvalue weighted by molar-refractivity contribution is 5.50. The summed E-state index contributed by atoms with van der Waals surface area (Å²) in [6.07, 6.45) is 0.926. The topological polar surface area (TPSA) is 30.5 Å². The van der Waals surface area contributed by atoms with Gasteiger partial charge in [-0.3, -0.25) is 0 Å². The Balaban J connectivity index is 1.95. The molecule has 1 heterocycles. The van der Waals surface area contributed by atoms with E-state index in [0.717, 1.165) is 30.0 Å². The summed E-state index contributed by atoms with van der Waals surface area (Å²) in [7, 11) is 0. The second kappa shape index (κ2) is 5.88. The molecule has 1 aliphatic rings. The van der Waals surface area contributed by atoms with Gasteiger partial charge in [-0.2, -0.15) is 0 Å². The van der Waals surface area contributed by atoms with E-state index in [2.05, 4.69) is 45.7 Å². The van der Waals surface area contributed by atoms with Crippen molar-refractivity contribution >= 4 is 0 Å². The van der Waals surface area contributed by atoms with Crippen LogP contribution in [0.3, 0.4) is 0 Å². The summed E-state index contributed by atoms with van der Waals surface area (Å²) in [6, 6.07) is 6.54. The minimum atomic E-state index is -0.141. The van der Waals surface area contributed by atoms with Gasteiger partial charge in [0.1, 0.15) is 12.2 Å². The van der Waals surface area contributed by atoms with Crippen LogP contribution < -0.4 is 14.8 Å². The molecular weight excluding hydrogens is 250 g/mol. The summed E-state index contributed by atoms with van der Waals surface area (Å²) < 4.78 is 11.9. The van der Waals surface area contributed by atoms with Gasteiger partial charge in [0.2, 0.25) is 0 Å². The molecule has 1 N–H and O–H groups in total. The van der Waals surface area contributed by atoms with E-state index in [1.165, 1.54) is 5.56 Å². The summed E-state index contributed by atoms with van der Waals surface area (Å²) in [5, 5.41) is 3.34. The molecule has 1 aromatic carbocycles. The molecule has 0 saturated carbocycles. The highest BCUT2D eigenvalue weighted by Crippen LogP contribution is 2.41. The van der Waals surface area contributed by atoms with Gasteiger partial charge in [-0.1, -0.05) is 32.6 Å². The Hall–Kier alpha value is -1.48. The Morgan fingerprint density at radius 1 is 1.45 bits per heavy atom. The second-order valence-electron chi connectivity index (χ2n) is 6.36. The van der Waals surface area contributed by atoms with E-state index in [-0.39, 0.29) is 5.60 Å². The van der Waals surface area contributed by atoms with Crippen LogP contribution in [0.2, 0.25) is 0 Å². The Bertz CT molecular complexity index is 492. The molecule has 0 aromatic heterocycles. The van der Waals surface area contributed by atoms with E-state index >= 15 is 0 Å². The van der Waals surface area contributed by atoms with Crippen LogP contribution in [-0.2, 0) is 6.42 Å². The van der Waals surface area contributed by atoms with Crippen molar-refractivity contribution < 1.29 is 9.47 Å². The third kappa shape index (κ3) is 3.76. The fourth-order valence-electron chi connectivity index (χ4n) is 2.28. The van der Waals surface area contributed by atoms with E-state index in [9.17, 15) is 0 Å². The van der Waals surface area contributed by atoms with Gasteiger partial charge in [-0.25, -0.2) is 0 Å². The van der Waals surface area contributed by atoms with Crippen LogP contribution >= 0.6 is 0 Å². The first-order valence-corrected chi connectivity index (χ1v) is 7.21. The number of hydrogen-bond acceptors (Lipinski definition) is 3. The normalized spacial score (nSPS) is 15.8. The molecule has 0 aliphatic carbocycles. The molecule has 1 aromatic rings. The molecule has 2 rings (SSSR count). The molecule has 0 fully saturated rings. The molecule has 20 heavy (non-hydrogen) atoms. The van der Waals surface area contributed by atoms with Crippen molar-refractivity contribution in [1.29, 1.82) is 0 Å². The zero-order chi connectivity index (χ0) is 14.8. The lowest BCUT2D eigenvalue weighted by Gasteiger charge is -2.18. The molecular formula is C17H25NO2. The lowest BCUT2D eigenvalue weighted by molar-refractivity contribution is 0.133. The van der Waals surface area contributed by atoms with Crippen LogP contribution in [0.4, 0.5) is 0 Å². The molecule has 110 valence electrons. The number of fused-ring (bicyclic) bond motifs is 1. The van der Waals surface area contributed by atoms with Crippen LogP contribution in [0.15, 0.2) is 30.4 Å². The van der Waals surface area contributed by atoms with Crippen LogP contribution in [0.25, 0.3) is 0 Å². The molecule has 0 radical (unpaired) electrons. The van der Waals surface area contributed by atoms with Crippen LogP contribution in [0.1, 0.15) is 33.3 Å². The smallest absolute Gasteiger partial charge is 0.165 e. The van der Waals surface area contributed by atoms with E-state index < -0.39 is 0 Å². The molecule has 1 aliphatic heterocycles. The van der Waals surface area contributed by atoms with Gasteiger partial charge in [0.05, 0.1) is 0 Å². The largest absolute Gasteiger partial charge is 0.485 e. The van der Waals surface area contributed by atoms with Gasteiger partial charge < -0.3 is 14.8 Å². The third-order valence-corrected chi connectivity index (χ3v) is 3.25. The number of nitrogens with one attached hydrogen (secondary N) is 1. The highest BCUT2D eigenvalue weighted by Gasteiger charge is 2.32. The Labute approximate surface area is 122 Å². The summed E-state index contributed by atoms with van der Waals surface area (Å²) in [6.45, 7) is 13.8. The first-order valence-electron chi connectivity index (χ1n) is 7.21. The predicted molar refractivity (Wildman–Crippen MR) is 82.6 cm³/mol. The van der Waals surface area contributed by atoms with E-state index in [1.807, 2.05) is 12.1 Å². The van der Waals surface area contributed by atoms with Gasteiger partial charge >= 0.3 is 0 Å². The van der Waals surface area contributed by atoms with E-state index in [4.69, 9.17) is 9.47 Å². The van der Waals surface area contributed by atoms with Gasteiger partial charge in [0, 0.05) is 24.6 Å². The summed E-state index contributed by atoms with van der Waals surface area (Å²) in [5.41, 5.74) is 2.12. The summed E-state index contributed by atoms with van der Waals surface area (Å²) >= 11 is 0. The molecule has 0 bridgehead atoms. The third-order valence-electron chi connectivity index (χ3n) is 3.25. The van der Waals surface area contributed by atoms with Crippen molar-refractivity contribution in [2.45, 2.75) is 45.8 Å². The Kier molecular flexibility index (Phi) is 4.39. The Morgan fingerprint density at radius 3 is 2.90 bits per heavy atom. The second-order valence-corrected chi connectivity index (χ2v) is 6.36. The van der Waals surface area contributed by atoms with Crippen molar-refractivity contribution in [3.63, 3.8) is 0 Å². The number of hydrogen-bond donors (Lipinski definition) is 1. The average molecular weight is 275 g/mol. The molecule has 0 atom stereocenters. The maximum Gasteiger partial charge on any atom is 0.165 e. The van der Waals surface area contributed by atoms with Gasteiger partial charge in [-0.15, -0.1) is 0 Å². The first kappa shape index (κ1) is 14.9.